The van der Waals surface area contributed by atoms with Crippen molar-refractivity contribution < 1.29 is 0 Å². The summed E-state index contributed by atoms with van der Waals surface area (Å²) in [6.07, 6.45) is 3.00. The molecule has 0 saturated carbocycles. The van der Waals surface area contributed by atoms with E-state index in [0.29, 0.717) is 0 Å². The predicted molar refractivity (Wildman–Crippen MR) is 78.7 cm³/mol. The van der Waals surface area contributed by atoms with Crippen LogP contribution in [0.3, 0.4) is 0 Å². The fraction of sp³-hybridized carbons (Fsp3) is 0.312. The quantitative estimate of drug-likeness (QED) is 0.894. The maximum absolute atomic E-state index is 5.94. The molecule has 3 nitrogen and oxygen atoms in total. The highest BCUT2D eigenvalue weighted by molar-refractivity contribution is 5.67. The lowest BCUT2D eigenvalue weighted by Crippen LogP contribution is -2.16. The molecule has 3 heteroatoms. The predicted octanol–water partition coefficient (Wildman–Crippen LogP) is 3.10. The molecule has 2 aromatic rings. The molecule has 19 heavy (non-hydrogen) atoms. The molecule has 0 bridgehead atoms. The lowest BCUT2D eigenvalue weighted by molar-refractivity contribution is 0.801. The summed E-state index contributed by atoms with van der Waals surface area (Å²) in [7, 11) is 0. The first-order chi connectivity index (χ1) is 9.16. The van der Waals surface area contributed by atoms with Gasteiger partial charge >= 0.3 is 0 Å². The van der Waals surface area contributed by atoms with Gasteiger partial charge in [-0.2, -0.15) is 0 Å². The summed E-state index contributed by atoms with van der Waals surface area (Å²) in [5.74, 6) is 1.02. The van der Waals surface area contributed by atoms with Crippen molar-refractivity contribution in [3.63, 3.8) is 0 Å². The molecule has 1 aliphatic rings. The van der Waals surface area contributed by atoms with E-state index in [0.717, 1.165) is 24.3 Å². The highest BCUT2D eigenvalue weighted by Gasteiger charge is 2.21. The third-order valence-electron chi connectivity index (χ3n) is 3.79. The summed E-state index contributed by atoms with van der Waals surface area (Å²) in [6, 6.07) is 10.7. The SMILES string of the molecule is Cc1cc(N2CCc3ccccc32)ncc1[C@@H](C)N. The number of para-hydroxylation sites is 1. The van der Waals surface area contributed by atoms with E-state index in [1.165, 1.54) is 16.8 Å². The molecule has 0 radical (unpaired) electrons. The summed E-state index contributed by atoms with van der Waals surface area (Å²) in [4.78, 5) is 6.87. The van der Waals surface area contributed by atoms with Crippen molar-refractivity contribution in [3.8, 4) is 0 Å². The van der Waals surface area contributed by atoms with Crippen LogP contribution < -0.4 is 10.6 Å². The van der Waals surface area contributed by atoms with Gasteiger partial charge in [-0.3, -0.25) is 0 Å². The van der Waals surface area contributed by atoms with Gasteiger partial charge in [0.15, 0.2) is 0 Å². The molecule has 0 spiro atoms. The first kappa shape index (κ1) is 12.2. The molecule has 0 unspecified atom stereocenters. The molecule has 3 rings (SSSR count). The Kier molecular flexibility index (Phi) is 2.99. The largest absolute Gasteiger partial charge is 0.326 e. The highest BCUT2D eigenvalue weighted by atomic mass is 15.2. The number of hydrogen-bond donors (Lipinski definition) is 1. The van der Waals surface area contributed by atoms with Gasteiger partial charge in [-0.05, 0) is 49.1 Å². The Bertz CT molecular complexity index is 605. The second kappa shape index (κ2) is 4.67. The van der Waals surface area contributed by atoms with Crippen molar-refractivity contribution in [2.45, 2.75) is 26.3 Å². The smallest absolute Gasteiger partial charge is 0.133 e. The Morgan fingerprint density at radius 1 is 1.32 bits per heavy atom. The van der Waals surface area contributed by atoms with E-state index < -0.39 is 0 Å². The van der Waals surface area contributed by atoms with Crippen molar-refractivity contribution in [3.05, 3.63) is 53.2 Å². The summed E-state index contributed by atoms with van der Waals surface area (Å²) in [5.41, 5.74) is 11.0. The molecule has 1 atom stereocenters. The molecule has 1 aromatic carbocycles. The van der Waals surface area contributed by atoms with E-state index >= 15 is 0 Å². The first-order valence-corrected chi connectivity index (χ1v) is 6.74. The van der Waals surface area contributed by atoms with Crippen molar-refractivity contribution in [1.29, 1.82) is 0 Å². The molecule has 98 valence electrons. The second-order valence-electron chi connectivity index (χ2n) is 5.22. The zero-order valence-corrected chi connectivity index (χ0v) is 11.4. The monoisotopic (exact) mass is 253 g/mol. The lowest BCUT2D eigenvalue weighted by atomic mass is 10.1. The van der Waals surface area contributed by atoms with Crippen molar-refractivity contribution in [2.24, 2.45) is 5.73 Å². The van der Waals surface area contributed by atoms with Crippen LogP contribution in [-0.2, 0) is 6.42 Å². The van der Waals surface area contributed by atoms with Crippen LogP contribution >= 0.6 is 0 Å². The van der Waals surface area contributed by atoms with Crippen LogP contribution in [0, 0.1) is 6.92 Å². The topological polar surface area (TPSA) is 42.2 Å². The third kappa shape index (κ3) is 2.10. The van der Waals surface area contributed by atoms with Crippen molar-refractivity contribution >= 4 is 11.5 Å². The van der Waals surface area contributed by atoms with Crippen LogP contribution in [0.15, 0.2) is 36.5 Å². The number of pyridine rings is 1. The minimum absolute atomic E-state index is 0.0346. The number of nitrogens with zero attached hydrogens (tertiary/aromatic N) is 2. The number of aromatic nitrogens is 1. The number of aryl methyl sites for hydroxylation is 1. The Hall–Kier alpha value is -1.87. The fourth-order valence-corrected chi connectivity index (χ4v) is 2.75. The molecule has 1 aromatic heterocycles. The van der Waals surface area contributed by atoms with Gasteiger partial charge in [-0.15, -0.1) is 0 Å². The number of benzene rings is 1. The molecule has 0 fully saturated rings. The van der Waals surface area contributed by atoms with Gasteiger partial charge in [-0.1, -0.05) is 18.2 Å². The maximum atomic E-state index is 5.94. The van der Waals surface area contributed by atoms with Crippen LogP contribution in [0.4, 0.5) is 11.5 Å². The van der Waals surface area contributed by atoms with Gasteiger partial charge in [-0.25, -0.2) is 4.98 Å². The molecule has 0 aliphatic carbocycles. The van der Waals surface area contributed by atoms with Gasteiger partial charge in [0.2, 0.25) is 0 Å². The van der Waals surface area contributed by atoms with E-state index in [2.05, 4.69) is 47.1 Å². The molecular weight excluding hydrogens is 234 g/mol. The average Bonchev–Trinajstić information content (AvgIpc) is 2.82. The van der Waals surface area contributed by atoms with Gasteiger partial charge in [0.05, 0.1) is 0 Å². The van der Waals surface area contributed by atoms with Gasteiger partial charge in [0.25, 0.3) is 0 Å². The Balaban J connectivity index is 1.99. The number of anilines is 2. The van der Waals surface area contributed by atoms with Crippen LogP contribution in [0.5, 0.6) is 0 Å². The summed E-state index contributed by atoms with van der Waals surface area (Å²) in [6.45, 7) is 5.10. The van der Waals surface area contributed by atoms with Gasteiger partial charge in [0, 0.05) is 24.5 Å². The zero-order chi connectivity index (χ0) is 13.4. The van der Waals surface area contributed by atoms with E-state index in [9.17, 15) is 0 Å². The van der Waals surface area contributed by atoms with Crippen LogP contribution in [-0.4, -0.2) is 11.5 Å². The normalized spacial score (nSPS) is 15.4. The van der Waals surface area contributed by atoms with E-state index in [1.54, 1.807) is 0 Å². The molecular formula is C16H19N3. The lowest BCUT2D eigenvalue weighted by Gasteiger charge is -2.20. The molecule has 1 aliphatic heterocycles. The average molecular weight is 253 g/mol. The summed E-state index contributed by atoms with van der Waals surface area (Å²) >= 11 is 0. The standard InChI is InChI=1S/C16H19N3/c1-11-9-16(18-10-14(11)12(2)17)19-8-7-13-5-3-4-6-15(13)19/h3-6,9-10,12H,7-8,17H2,1-2H3/t12-/m1/s1. The molecule has 0 saturated heterocycles. The molecule has 2 N–H and O–H groups in total. The number of nitrogens with two attached hydrogens (primary N) is 1. The highest BCUT2D eigenvalue weighted by Crippen LogP contribution is 2.33. The summed E-state index contributed by atoms with van der Waals surface area (Å²) in [5, 5.41) is 0. The Morgan fingerprint density at radius 2 is 2.11 bits per heavy atom. The fourth-order valence-electron chi connectivity index (χ4n) is 2.75. The molecule has 2 heterocycles. The van der Waals surface area contributed by atoms with Gasteiger partial charge in [0.1, 0.15) is 5.82 Å². The van der Waals surface area contributed by atoms with Crippen molar-refractivity contribution in [2.75, 3.05) is 11.4 Å². The Labute approximate surface area is 114 Å². The summed E-state index contributed by atoms with van der Waals surface area (Å²) < 4.78 is 0. The number of fused-ring (bicyclic) bond motifs is 1. The molecule has 0 amide bonds. The van der Waals surface area contributed by atoms with Gasteiger partial charge < -0.3 is 10.6 Å². The van der Waals surface area contributed by atoms with Crippen LogP contribution in [0.2, 0.25) is 0 Å². The van der Waals surface area contributed by atoms with Crippen LogP contribution in [0.25, 0.3) is 0 Å². The zero-order valence-electron chi connectivity index (χ0n) is 11.4. The number of hydrogen-bond acceptors (Lipinski definition) is 3. The van der Waals surface area contributed by atoms with Crippen molar-refractivity contribution in [1.82, 2.24) is 4.98 Å². The van der Waals surface area contributed by atoms with E-state index in [-0.39, 0.29) is 6.04 Å². The van der Waals surface area contributed by atoms with E-state index in [4.69, 9.17) is 5.73 Å². The number of rotatable bonds is 2. The first-order valence-electron chi connectivity index (χ1n) is 6.74. The minimum Gasteiger partial charge on any atom is -0.326 e. The minimum atomic E-state index is 0.0346. The van der Waals surface area contributed by atoms with E-state index in [1.807, 2.05) is 13.1 Å². The second-order valence-corrected chi connectivity index (χ2v) is 5.22. The maximum Gasteiger partial charge on any atom is 0.133 e. The third-order valence-corrected chi connectivity index (χ3v) is 3.79. The Morgan fingerprint density at radius 3 is 2.84 bits per heavy atom. The van der Waals surface area contributed by atoms with Crippen LogP contribution in [0.1, 0.15) is 29.7 Å².